The predicted octanol–water partition coefficient (Wildman–Crippen LogP) is 0.901. The van der Waals surface area contributed by atoms with Crippen molar-refractivity contribution in [3.63, 3.8) is 0 Å². The number of likely N-dealkylation sites (N-methyl/N-ethyl adjacent to an activating group) is 1. The van der Waals surface area contributed by atoms with E-state index in [9.17, 15) is 4.79 Å². The quantitative estimate of drug-likeness (QED) is 0.625. The summed E-state index contributed by atoms with van der Waals surface area (Å²) in [4.78, 5) is 10.6. The van der Waals surface area contributed by atoms with Crippen molar-refractivity contribution in [2.45, 2.75) is 39.2 Å². The Morgan fingerprint density at radius 2 is 2.17 bits per heavy atom. The average molecular weight is 172 g/mol. The molecule has 0 rings (SSSR count). The molecule has 1 atom stereocenters. The van der Waals surface area contributed by atoms with Crippen molar-refractivity contribution in [1.82, 2.24) is 10.6 Å². The summed E-state index contributed by atoms with van der Waals surface area (Å²) < 4.78 is 0. The van der Waals surface area contributed by atoms with E-state index in [1.54, 1.807) is 6.92 Å². The van der Waals surface area contributed by atoms with E-state index in [1.807, 2.05) is 7.05 Å². The number of hydrogen-bond donors (Lipinski definition) is 2. The Hall–Kier alpha value is -0.570. The summed E-state index contributed by atoms with van der Waals surface area (Å²) in [6.45, 7) is 4.46. The van der Waals surface area contributed by atoms with Crippen LogP contribution in [0.25, 0.3) is 0 Å². The molecule has 0 fully saturated rings. The number of rotatable bonds is 6. The maximum Gasteiger partial charge on any atom is 0.216 e. The van der Waals surface area contributed by atoms with Gasteiger partial charge in [-0.3, -0.25) is 4.79 Å². The summed E-state index contributed by atoms with van der Waals surface area (Å²) in [5.74, 6) is 0.0479. The lowest BCUT2D eigenvalue weighted by Gasteiger charge is -2.15. The van der Waals surface area contributed by atoms with Crippen LogP contribution in [0.3, 0.4) is 0 Å². The van der Waals surface area contributed by atoms with Crippen molar-refractivity contribution in [1.29, 1.82) is 0 Å². The summed E-state index contributed by atoms with van der Waals surface area (Å²) >= 11 is 0. The molecule has 72 valence electrons. The molecule has 12 heavy (non-hydrogen) atoms. The molecule has 0 saturated carbocycles. The molecule has 0 aliphatic carbocycles. The molecule has 0 heterocycles. The van der Waals surface area contributed by atoms with Crippen molar-refractivity contribution in [3.05, 3.63) is 0 Å². The van der Waals surface area contributed by atoms with E-state index in [4.69, 9.17) is 0 Å². The zero-order valence-electron chi connectivity index (χ0n) is 8.31. The lowest BCUT2D eigenvalue weighted by molar-refractivity contribution is -0.119. The lowest BCUT2D eigenvalue weighted by atomic mass is 10.1. The van der Waals surface area contributed by atoms with Crippen LogP contribution in [0.15, 0.2) is 0 Å². The first-order valence-corrected chi connectivity index (χ1v) is 4.62. The Morgan fingerprint density at radius 3 is 2.58 bits per heavy atom. The fourth-order valence-electron chi connectivity index (χ4n) is 1.07. The standard InChI is InChI=1S/C9H20N2O/c1-4-5-6-9(10-3)7-11-8(2)12/h9-10H,4-7H2,1-3H3,(H,11,12). The molecule has 2 N–H and O–H groups in total. The van der Waals surface area contributed by atoms with Crippen LogP contribution in [-0.2, 0) is 4.79 Å². The number of carbonyl (C=O) groups is 1. The van der Waals surface area contributed by atoms with E-state index in [0.717, 1.165) is 13.0 Å². The second kappa shape index (κ2) is 7.10. The minimum Gasteiger partial charge on any atom is -0.355 e. The molecule has 3 nitrogen and oxygen atoms in total. The molecular weight excluding hydrogens is 152 g/mol. The molecule has 0 bridgehead atoms. The predicted molar refractivity (Wildman–Crippen MR) is 51.1 cm³/mol. The first-order chi connectivity index (χ1) is 5.70. The first kappa shape index (κ1) is 11.4. The zero-order chi connectivity index (χ0) is 9.40. The number of amides is 1. The van der Waals surface area contributed by atoms with Crippen LogP contribution in [0.2, 0.25) is 0 Å². The van der Waals surface area contributed by atoms with Crippen LogP contribution in [0.5, 0.6) is 0 Å². The highest BCUT2D eigenvalue weighted by atomic mass is 16.1. The third kappa shape index (κ3) is 6.16. The van der Waals surface area contributed by atoms with Gasteiger partial charge in [0.25, 0.3) is 0 Å². The summed E-state index contributed by atoms with van der Waals surface area (Å²) in [6, 6.07) is 0.425. The molecule has 0 aromatic heterocycles. The zero-order valence-corrected chi connectivity index (χ0v) is 8.31. The highest BCUT2D eigenvalue weighted by molar-refractivity contribution is 5.72. The van der Waals surface area contributed by atoms with Crippen molar-refractivity contribution in [3.8, 4) is 0 Å². The third-order valence-electron chi connectivity index (χ3n) is 1.91. The summed E-state index contributed by atoms with van der Waals surface area (Å²) in [7, 11) is 1.93. The minimum absolute atomic E-state index is 0.0479. The maximum atomic E-state index is 10.6. The van der Waals surface area contributed by atoms with Gasteiger partial charge in [-0.1, -0.05) is 19.8 Å². The van der Waals surface area contributed by atoms with Gasteiger partial charge in [0.15, 0.2) is 0 Å². The molecular formula is C9H20N2O. The molecule has 1 amide bonds. The Morgan fingerprint density at radius 1 is 1.50 bits per heavy atom. The average Bonchev–Trinajstić information content (AvgIpc) is 2.05. The van der Waals surface area contributed by atoms with Gasteiger partial charge in [-0.2, -0.15) is 0 Å². The molecule has 1 unspecified atom stereocenters. The van der Waals surface area contributed by atoms with E-state index in [0.29, 0.717) is 6.04 Å². The normalized spacial score (nSPS) is 12.6. The highest BCUT2D eigenvalue weighted by Crippen LogP contribution is 1.98. The van der Waals surface area contributed by atoms with Crippen LogP contribution in [0, 0.1) is 0 Å². The van der Waals surface area contributed by atoms with Gasteiger partial charge in [0.1, 0.15) is 0 Å². The lowest BCUT2D eigenvalue weighted by Crippen LogP contribution is -2.38. The van der Waals surface area contributed by atoms with Crippen LogP contribution in [0.1, 0.15) is 33.1 Å². The van der Waals surface area contributed by atoms with Gasteiger partial charge < -0.3 is 10.6 Å². The fourth-order valence-corrected chi connectivity index (χ4v) is 1.07. The third-order valence-corrected chi connectivity index (χ3v) is 1.91. The largest absolute Gasteiger partial charge is 0.355 e. The molecule has 3 heteroatoms. The van der Waals surface area contributed by atoms with Crippen molar-refractivity contribution in [2.24, 2.45) is 0 Å². The van der Waals surface area contributed by atoms with E-state index >= 15 is 0 Å². The molecule has 0 spiro atoms. The molecule has 0 aliphatic heterocycles. The second-order valence-corrected chi connectivity index (χ2v) is 3.06. The number of hydrogen-bond acceptors (Lipinski definition) is 2. The van der Waals surface area contributed by atoms with Crippen molar-refractivity contribution in [2.75, 3.05) is 13.6 Å². The Kier molecular flexibility index (Phi) is 6.76. The summed E-state index contributed by atoms with van der Waals surface area (Å²) in [5.41, 5.74) is 0. The number of nitrogens with one attached hydrogen (secondary N) is 2. The fraction of sp³-hybridized carbons (Fsp3) is 0.889. The number of carbonyl (C=O) groups excluding carboxylic acids is 1. The van der Waals surface area contributed by atoms with Crippen LogP contribution < -0.4 is 10.6 Å². The van der Waals surface area contributed by atoms with Crippen molar-refractivity contribution < 1.29 is 4.79 Å². The topological polar surface area (TPSA) is 41.1 Å². The minimum atomic E-state index is 0.0479. The Balaban J connectivity index is 3.45. The summed E-state index contributed by atoms with van der Waals surface area (Å²) in [6.07, 6.45) is 3.55. The highest BCUT2D eigenvalue weighted by Gasteiger charge is 2.04. The van der Waals surface area contributed by atoms with Crippen LogP contribution in [0.4, 0.5) is 0 Å². The molecule has 0 aromatic rings. The van der Waals surface area contributed by atoms with Crippen molar-refractivity contribution >= 4 is 5.91 Å². The van der Waals surface area contributed by atoms with Gasteiger partial charge in [0.2, 0.25) is 5.91 Å². The van der Waals surface area contributed by atoms with E-state index in [1.165, 1.54) is 12.8 Å². The number of unbranched alkanes of at least 4 members (excludes halogenated alkanes) is 1. The molecule has 0 aromatic carbocycles. The smallest absolute Gasteiger partial charge is 0.216 e. The van der Waals surface area contributed by atoms with Gasteiger partial charge in [-0.25, -0.2) is 0 Å². The van der Waals surface area contributed by atoms with Gasteiger partial charge in [-0.05, 0) is 13.5 Å². The van der Waals surface area contributed by atoms with Gasteiger partial charge in [0.05, 0.1) is 0 Å². The van der Waals surface area contributed by atoms with Gasteiger partial charge in [-0.15, -0.1) is 0 Å². The molecule has 0 radical (unpaired) electrons. The van der Waals surface area contributed by atoms with Gasteiger partial charge >= 0.3 is 0 Å². The van der Waals surface area contributed by atoms with E-state index in [2.05, 4.69) is 17.6 Å². The van der Waals surface area contributed by atoms with E-state index in [-0.39, 0.29) is 5.91 Å². The van der Waals surface area contributed by atoms with Gasteiger partial charge in [0, 0.05) is 19.5 Å². The second-order valence-electron chi connectivity index (χ2n) is 3.06. The van der Waals surface area contributed by atoms with Crippen LogP contribution in [-0.4, -0.2) is 25.5 Å². The monoisotopic (exact) mass is 172 g/mol. The summed E-state index contributed by atoms with van der Waals surface area (Å²) in [5, 5.41) is 5.98. The Labute approximate surface area is 74.9 Å². The molecule has 0 aliphatic rings. The maximum absolute atomic E-state index is 10.6. The van der Waals surface area contributed by atoms with E-state index < -0.39 is 0 Å². The van der Waals surface area contributed by atoms with Crippen LogP contribution >= 0.6 is 0 Å². The molecule has 0 saturated heterocycles. The SMILES string of the molecule is CCCCC(CNC(C)=O)NC. The first-order valence-electron chi connectivity index (χ1n) is 4.62. The Bertz CT molecular complexity index is 126.